The first kappa shape index (κ1) is 55.2. The molecule has 0 saturated carbocycles. The molecule has 1 aromatic carbocycles. The molecule has 9 atom stereocenters. The summed E-state index contributed by atoms with van der Waals surface area (Å²) >= 11 is 0. The Balaban J connectivity index is 2.89. The molecule has 1 fully saturated rings. The van der Waals surface area contributed by atoms with E-state index >= 15 is 0 Å². The summed E-state index contributed by atoms with van der Waals surface area (Å²) in [6.07, 6.45) is 10.2. The number of esters is 1. The lowest BCUT2D eigenvalue weighted by atomic mass is 9.94. The number of unbranched alkanes of at least 4 members (excludes halogenated alkanes) is 2. The Hall–Kier alpha value is -4.93. The predicted molar refractivity (Wildman–Crippen MR) is 250 cm³/mol. The molecule has 0 aromatic heterocycles. The van der Waals surface area contributed by atoms with E-state index in [0.717, 1.165) is 44.1 Å². The summed E-state index contributed by atoms with van der Waals surface area (Å²) in [7, 11) is 4.47. The molecule has 64 heavy (non-hydrogen) atoms. The molecule has 14 nitrogen and oxygen atoms in total. The van der Waals surface area contributed by atoms with Crippen molar-refractivity contribution in [3.63, 3.8) is 0 Å². The highest BCUT2D eigenvalue weighted by molar-refractivity contribution is 5.97. The van der Waals surface area contributed by atoms with Gasteiger partial charge in [-0.3, -0.25) is 28.8 Å². The molecule has 3 N–H and O–H groups in total. The molecule has 1 heterocycles. The first-order valence-electron chi connectivity index (χ1n) is 23.6. The number of cyclic esters (lactones) is 1. The zero-order chi connectivity index (χ0) is 48.3. The molecule has 14 heteroatoms. The van der Waals surface area contributed by atoms with Crippen molar-refractivity contribution < 1.29 is 38.3 Å². The minimum atomic E-state index is -1.50. The minimum Gasteiger partial charge on any atom is -0.450 e. The SMILES string of the molecule is C#CC[C@H]1OC(=O)[C@H](C)N(C)C(=O)[C@H](C[C@H](C)CCCC)NC(=O)[C@H](Cc2ccccc2)N(C)C(=O)[C@H](CC(C)C)NC(=O)[C@H](CC(C)C)N(C)C(=O)[C@H](C[C@H](C)CCCC)NC1=O. The number of amides is 6. The van der Waals surface area contributed by atoms with Gasteiger partial charge in [-0.1, -0.05) is 124 Å². The topological polar surface area (TPSA) is 175 Å². The number of hydrogen-bond acceptors (Lipinski definition) is 8. The quantitative estimate of drug-likeness (QED) is 0.133. The maximum Gasteiger partial charge on any atom is 0.329 e. The highest BCUT2D eigenvalue weighted by atomic mass is 16.5. The monoisotopic (exact) mass is 893 g/mol. The number of nitrogens with zero attached hydrogens (tertiary/aromatic N) is 3. The van der Waals surface area contributed by atoms with Crippen LogP contribution in [0.1, 0.15) is 139 Å². The van der Waals surface area contributed by atoms with E-state index in [4.69, 9.17) is 11.2 Å². The Morgan fingerprint density at radius 2 is 1.06 bits per heavy atom. The summed E-state index contributed by atoms with van der Waals surface area (Å²) in [5.74, 6) is -2.17. The van der Waals surface area contributed by atoms with Crippen LogP contribution in [0, 0.1) is 36.0 Å². The molecule has 1 aliphatic heterocycles. The van der Waals surface area contributed by atoms with Crippen LogP contribution in [-0.2, 0) is 44.7 Å². The van der Waals surface area contributed by atoms with Crippen molar-refractivity contribution in [2.24, 2.45) is 23.7 Å². The third-order valence-electron chi connectivity index (χ3n) is 12.3. The van der Waals surface area contributed by atoms with E-state index in [1.165, 1.54) is 42.8 Å². The molecule has 1 aliphatic rings. The van der Waals surface area contributed by atoms with Gasteiger partial charge in [-0.25, -0.2) is 4.79 Å². The van der Waals surface area contributed by atoms with E-state index in [9.17, 15) is 33.6 Å². The van der Waals surface area contributed by atoms with Crippen LogP contribution in [0.4, 0.5) is 0 Å². The average molecular weight is 893 g/mol. The Morgan fingerprint density at radius 3 is 1.53 bits per heavy atom. The van der Waals surface area contributed by atoms with Crippen molar-refractivity contribution in [2.45, 2.75) is 182 Å². The van der Waals surface area contributed by atoms with Gasteiger partial charge in [0, 0.05) is 27.6 Å². The van der Waals surface area contributed by atoms with Gasteiger partial charge in [0.15, 0.2) is 6.10 Å². The second-order valence-electron chi connectivity index (χ2n) is 19.0. The molecular formula is C50H80N6O8. The average Bonchev–Trinajstić information content (AvgIpc) is 3.25. The van der Waals surface area contributed by atoms with Gasteiger partial charge in [-0.15, -0.1) is 12.3 Å². The number of nitrogens with one attached hydrogen (secondary N) is 3. The summed E-state index contributed by atoms with van der Waals surface area (Å²) in [5.41, 5.74) is 0.769. The second-order valence-corrected chi connectivity index (χ2v) is 19.0. The molecule has 2 rings (SSSR count). The third-order valence-corrected chi connectivity index (χ3v) is 12.3. The molecule has 1 aromatic rings. The fraction of sp³-hybridized carbons (Fsp3) is 0.700. The number of carbonyl (C=O) groups excluding carboxylic acids is 7. The van der Waals surface area contributed by atoms with Gasteiger partial charge in [0.05, 0.1) is 6.42 Å². The van der Waals surface area contributed by atoms with Crippen LogP contribution < -0.4 is 16.0 Å². The zero-order valence-corrected chi connectivity index (χ0v) is 40.9. The van der Waals surface area contributed by atoms with Crippen LogP contribution in [-0.4, -0.2) is 120 Å². The highest BCUT2D eigenvalue weighted by Gasteiger charge is 2.40. The number of ether oxygens (including phenoxy) is 1. The Bertz CT molecular complexity index is 1730. The van der Waals surface area contributed by atoms with Crippen LogP contribution in [0.5, 0.6) is 0 Å². The van der Waals surface area contributed by atoms with Gasteiger partial charge < -0.3 is 35.4 Å². The number of terminal acetylenes is 1. The van der Waals surface area contributed by atoms with Gasteiger partial charge in [-0.2, -0.15) is 0 Å². The smallest absolute Gasteiger partial charge is 0.329 e. The first-order chi connectivity index (χ1) is 30.2. The van der Waals surface area contributed by atoms with Gasteiger partial charge in [0.2, 0.25) is 29.5 Å². The van der Waals surface area contributed by atoms with Gasteiger partial charge in [0.1, 0.15) is 36.3 Å². The molecule has 1 saturated heterocycles. The zero-order valence-electron chi connectivity index (χ0n) is 40.9. The van der Waals surface area contributed by atoms with Gasteiger partial charge in [-0.05, 0) is 61.8 Å². The van der Waals surface area contributed by atoms with Crippen molar-refractivity contribution >= 4 is 41.4 Å². The fourth-order valence-corrected chi connectivity index (χ4v) is 8.14. The first-order valence-corrected chi connectivity index (χ1v) is 23.6. The third kappa shape index (κ3) is 17.2. The van der Waals surface area contributed by atoms with Crippen LogP contribution in [0.15, 0.2) is 30.3 Å². The Kier molecular flexibility index (Phi) is 23.6. The summed E-state index contributed by atoms with van der Waals surface area (Å²) in [6, 6.07) is 2.56. The van der Waals surface area contributed by atoms with Crippen LogP contribution >= 0.6 is 0 Å². The Labute approximate surface area is 384 Å². The second kappa shape index (κ2) is 27.4. The number of hydrogen-bond donors (Lipinski definition) is 3. The molecule has 358 valence electrons. The maximum atomic E-state index is 14.8. The number of benzene rings is 1. The van der Waals surface area contributed by atoms with Crippen molar-refractivity contribution in [2.75, 3.05) is 21.1 Å². The molecular weight excluding hydrogens is 813 g/mol. The summed E-state index contributed by atoms with van der Waals surface area (Å²) in [6.45, 7) is 17.3. The van der Waals surface area contributed by atoms with Crippen molar-refractivity contribution in [1.82, 2.24) is 30.7 Å². The van der Waals surface area contributed by atoms with E-state index in [2.05, 4.69) is 35.7 Å². The minimum absolute atomic E-state index is 0.00197. The standard InChI is InChI=1S/C50H80N6O8/c1-14-17-23-34(8)29-39-47(60)54(11)36(10)50(63)64-43(22-16-3)46(59)53-40(30-35(9)24-18-15-2)49(62)55(12)41(28-33(6)7)44(57)51-38(27-32(4)5)48(61)56(13)42(45(58)52-39)31-37-25-20-19-21-26-37/h3,19-21,25-26,32-36,38-43H,14-15,17-18,22-24,27-31H2,1-2,4-13H3,(H,51,57)(H,52,58)(H,53,59)/t34-,35-,36+,38+,39+,40+,41+,42+,43-/m1/s1. The van der Waals surface area contributed by atoms with Crippen molar-refractivity contribution in [3.05, 3.63) is 35.9 Å². The maximum absolute atomic E-state index is 14.8. The number of rotatable bonds is 17. The largest absolute Gasteiger partial charge is 0.450 e. The summed E-state index contributed by atoms with van der Waals surface area (Å²) < 4.78 is 5.74. The lowest BCUT2D eigenvalue weighted by molar-refractivity contribution is -0.163. The number of likely N-dealkylation sites (N-methyl/N-ethyl adjacent to an activating group) is 3. The van der Waals surface area contributed by atoms with Gasteiger partial charge >= 0.3 is 5.97 Å². The van der Waals surface area contributed by atoms with E-state index in [1.54, 1.807) is 0 Å². The van der Waals surface area contributed by atoms with Crippen molar-refractivity contribution in [1.29, 1.82) is 0 Å². The van der Waals surface area contributed by atoms with Crippen LogP contribution in [0.3, 0.4) is 0 Å². The molecule has 0 unspecified atom stereocenters. The summed E-state index contributed by atoms with van der Waals surface area (Å²) in [5, 5.41) is 8.75. The van der Waals surface area contributed by atoms with E-state index in [-0.39, 0.29) is 62.2 Å². The molecule has 0 spiro atoms. The highest BCUT2D eigenvalue weighted by Crippen LogP contribution is 2.22. The van der Waals surface area contributed by atoms with E-state index < -0.39 is 83.8 Å². The van der Waals surface area contributed by atoms with E-state index in [0.29, 0.717) is 0 Å². The predicted octanol–water partition coefficient (Wildman–Crippen LogP) is 5.66. The molecule has 0 bridgehead atoms. The molecule has 0 radical (unpaired) electrons. The molecule has 0 aliphatic carbocycles. The van der Waals surface area contributed by atoms with Crippen LogP contribution in [0.25, 0.3) is 0 Å². The van der Waals surface area contributed by atoms with Crippen molar-refractivity contribution in [3.8, 4) is 12.3 Å². The lowest BCUT2D eigenvalue weighted by Crippen LogP contribution is -2.60. The molecule has 6 amide bonds. The normalized spacial score (nSPS) is 25.0. The summed E-state index contributed by atoms with van der Waals surface area (Å²) in [4.78, 5) is 105. The van der Waals surface area contributed by atoms with Crippen LogP contribution in [0.2, 0.25) is 0 Å². The Morgan fingerprint density at radius 1 is 0.625 bits per heavy atom. The van der Waals surface area contributed by atoms with Gasteiger partial charge in [0.25, 0.3) is 5.91 Å². The van der Waals surface area contributed by atoms with E-state index in [1.807, 2.05) is 71.9 Å². The lowest BCUT2D eigenvalue weighted by Gasteiger charge is -2.35. The fourth-order valence-electron chi connectivity index (χ4n) is 8.14. The number of carbonyl (C=O) groups is 7.